The highest BCUT2D eigenvalue weighted by Gasteiger charge is 2.13. The number of carbonyl (C=O) groups is 1. The van der Waals surface area contributed by atoms with Gasteiger partial charge in [0, 0.05) is 11.1 Å². The summed E-state index contributed by atoms with van der Waals surface area (Å²) < 4.78 is 1.14. The number of fused-ring (bicyclic) bond motifs is 1. The van der Waals surface area contributed by atoms with Crippen LogP contribution in [-0.4, -0.2) is 10.9 Å². The van der Waals surface area contributed by atoms with Gasteiger partial charge in [0.1, 0.15) is 5.01 Å². The smallest absolute Gasteiger partial charge is 0.255 e. The number of hydrogen-bond acceptors (Lipinski definition) is 3. The number of thiazole rings is 1. The van der Waals surface area contributed by atoms with E-state index in [-0.39, 0.29) is 5.91 Å². The zero-order valence-electron chi connectivity index (χ0n) is 14.6. The van der Waals surface area contributed by atoms with Crippen molar-refractivity contribution in [3.05, 3.63) is 83.4 Å². The van der Waals surface area contributed by atoms with E-state index in [0.717, 1.165) is 32.0 Å². The van der Waals surface area contributed by atoms with E-state index < -0.39 is 0 Å². The lowest BCUT2D eigenvalue weighted by Crippen LogP contribution is -2.12. The van der Waals surface area contributed by atoms with Crippen LogP contribution in [0.25, 0.3) is 20.8 Å². The third kappa shape index (κ3) is 3.11. The second kappa shape index (κ2) is 6.73. The van der Waals surface area contributed by atoms with E-state index in [1.54, 1.807) is 11.3 Å². The molecule has 0 aliphatic rings. The van der Waals surface area contributed by atoms with Crippen molar-refractivity contribution < 1.29 is 4.79 Å². The molecule has 26 heavy (non-hydrogen) atoms. The highest BCUT2D eigenvalue weighted by atomic mass is 32.1. The Morgan fingerprint density at radius 1 is 0.923 bits per heavy atom. The largest absolute Gasteiger partial charge is 0.321 e. The van der Waals surface area contributed by atoms with Crippen LogP contribution in [0.4, 0.5) is 5.69 Å². The number of nitrogens with zero attached hydrogens (tertiary/aromatic N) is 1. The summed E-state index contributed by atoms with van der Waals surface area (Å²) in [6.07, 6.45) is 0. The van der Waals surface area contributed by atoms with Crippen LogP contribution in [0.1, 0.15) is 21.5 Å². The van der Waals surface area contributed by atoms with Crippen LogP contribution in [-0.2, 0) is 0 Å². The molecule has 0 saturated heterocycles. The zero-order valence-corrected chi connectivity index (χ0v) is 15.4. The normalized spacial score (nSPS) is 10.8. The van der Waals surface area contributed by atoms with Crippen molar-refractivity contribution in [3.8, 4) is 10.6 Å². The molecule has 0 spiro atoms. The second-order valence-corrected chi connectivity index (χ2v) is 7.32. The molecule has 1 heterocycles. The summed E-state index contributed by atoms with van der Waals surface area (Å²) in [4.78, 5) is 17.4. The van der Waals surface area contributed by atoms with E-state index >= 15 is 0 Å². The minimum atomic E-state index is -0.110. The Balaban J connectivity index is 1.69. The van der Waals surface area contributed by atoms with Gasteiger partial charge in [-0.25, -0.2) is 4.98 Å². The SMILES string of the molecule is Cc1ccc(C(=O)Nc2ccccc2-c2nc3ccccc3s2)cc1C. The molecule has 0 atom stereocenters. The van der Waals surface area contributed by atoms with Gasteiger partial charge in [0.2, 0.25) is 0 Å². The van der Waals surface area contributed by atoms with E-state index in [0.29, 0.717) is 5.56 Å². The lowest BCUT2D eigenvalue weighted by atomic mass is 10.1. The molecule has 1 amide bonds. The molecule has 0 fully saturated rings. The Bertz CT molecular complexity index is 1080. The maximum absolute atomic E-state index is 12.7. The zero-order chi connectivity index (χ0) is 18.1. The molecular weight excluding hydrogens is 340 g/mol. The van der Waals surface area contributed by atoms with Crippen LogP contribution in [0.3, 0.4) is 0 Å². The third-order valence-electron chi connectivity index (χ3n) is 4.47. The molecule has 4 aromatic rings. The number of rotatable bonds is 3. The van der Waals surface area contributed by atoms with E-state index in [1.165, 1.54) is 5.56 Å². The number of carbonyl (C=O) groups excluding carboxylic acids is 1. The summed E-state index contributed by atoms with van der Waals surface area (Å²) in [5, 5.41) is 3.95. The van der Waals surface area contributed by atoms with E-state index in [1.807, 2.05) is 74.5 Å². The molecular formula is C22H18N2OS. The summed E-state index contributed by atoms with van der Waals surface area (Å²) in [7, 11) is 0. The molecule has 3 aromatic carbocycles. The fourth-order valence-electron chi connectivity index (χ4n) is 2.84. The Morgan fingerprint density at radius 2 is 1.69 bits per heavy atom. The van der Waals surface area contributed by atoms with Crippen molar-refractivity contribution in [1.29, 1.82) is 0 Å². The first-order valence-corrected chi connectivity index (χ1v) is 9.27. The Morgan fingerprint density at radius 3 is 2.50 bits per heavy atom. The van der Waals surface area contributed by atoms with Crippen LogP contribution < -0.4 is 5.32 Å². The van der Waals surface area contributed by atoms with Crippen LogP contribution in [0.2, 0.25) is 0 Å². The van der Waals surface area contributed by atoms with E-state index in [4.69, 9.17) is 4.98 Å². The molecule has 1 N–H and O–H groups in total. The van der Waals surface area contributed by atoms with Crippen molar-refractivity contribution in [2.24, 2.45) is 0 Å². The van der Waals surface area contributed by atoms with Crippen LogP contribution in [0, 0.1) is 13.8 Å². The molecule has 4 rings (SSSR count). The molecule has 0 unspecified atom stereocenters. The maximum atomic E-state index is 12.7. The number of aromatic nitrogens is 1. The number of para-hydroxylation sites is 2. The predicted octanol–water partition coefficient (Wildman–Crippen LogP) is 5.83. The van der Waals surface area contributed by atoms with Gasteiger partial charge in [-0.1, -0.05) is 30.3 Å². The molecule has 0 bridgehead atoms. The van der Waals surface area contributed by atoms with Crippen molar-refractivity contribution >= 4 is 33.1 Å². The number of benzene rings is 3. The minimum Gasteiger partial charge on any atom is -0.321 e. The van der Waals surface area contributed by atoms with Gasteiger partial charge in [0.05, 0.1) is 15.9 Å². The van der Waals surface area contributed by atoms with E-state index in [9.17, 15) is 4.79 Å². The number of nitrogens with one attached hydrogen (secondary N) is 1. The quantitative estimate of drug-likeness (QED) is 0.500. The van der Waals surface area contributed by atoms with Gasteiger partial charge in [-0.05, 0) is 61.4 Å². The summed E-state index contributed by atoms with van der Waals surface area (Å²) in [6.45, 7) is 4.06. The lowest BCUT2D eigenvalue weighted by molar-refractivity contribution is 0.102. The van der Waals surface area contributed by atoms with Crippen molar-refractivity contribution in [2.75, 3.05) is 5.32 Å². The fourth-order valence-corrected chi connectivity index (χ4v) is 3.85. The van der Waals surface area contributed by atoms with Gasteiger partial charge in [-0.3, -0.25) is 4.79 Å². The molecule has 0 saturated carbocycles. The maximum Gasteiger partial charge on any atom is 0.255 e. The monoisotopic (exact) mass is 358 g/mol. The second-order valence-electron chi connectivity index (χ2n) is 6.29. The number of aryl methyl sites for hydroxylation is 2. The van der Waals surface area contributed by atoms with Crippen LogP contribution >= 0.6 is 11.3 Å². The van der Waals surface area contributed by atoms with Crippen LogP contribution in [0.5, 0.6) is 0 Å². The Labute approximate surface area is 156 Å². The molecule has 0 aliphatic carbocycles. The average molecular weight is 358 g/mol. The number of hydrogen-bond donors (Lipinski definition) is 1. The van der Waals surface area contributed by atoms with Crippen LogP contribution in [0.15, 0.2) is 66.7 Å². The van der Waals surface area contributed by atoms with Gasteiger partial charge >= 0.3 is 0 Å². The van der Waals surface area contributed by atoms with E-state index in [2.05, 4.69) is 11.4 Å². The lowest BCUT2D eigenvalue weighted by Gasteiger charge is -2.10. The number of amides is 1. The van der Waals surface area contributed by atoms with Gasteiger partial charge in [-0.2, -0.15) is 0 Å². The molecule has 128 valence electrons. The average Bonchev–Trinajstić information content (AvgIpc) is 3.08. The summed E-state index contributed by atoms with van der Waals surface area (Å²) >= 11 is 1.63. The standard InChI is InChI=1S/C22H18N2OS/c1-14-11-12-16(13-15(14)2)21(25)23-18-8-4-3-7-17(18)22-24-19-9-5-6-10-20(19)26-22/h3-13H,1-2H3,(H,23,25). The summed E-state index contributed by atoms with van der Waals surface area (Å²) in [6, 6.07) is 21.6. The number of anilines is 1. The van der Waals surface area contributed by atoms with Gasteiger partial charge in [0.25, 0.3) is 5.91 Å². The molecule has 0 radical (unpaired) electrons. The highest BCUT2D eigenvalue weighted by Crippen LogP contribution is 2.34. The molecule has 0 aliphatic heterocycles. The summed E-state index contributed by atoms with van der Waals surface area (Å²) in [5.41, 5.74) is 5.63. The first-order chi connectivity index (χ1) is 12.6. The van der Waals surface area contributed by atoms with Crippen molar-refractivity contribution in [1.82, 2.24) is 4.98 Å². The van der Waals surface area contributed by atoms with Gasteiger partial charge in [-0.15, -0.1) is 11.3 Å². The topological polar surface area (TPSA) is 42.0 Å². The minimum absolute atomic E-state index is 0.110. The summed E-state index contributed by atoms with van der Waals surface area (Å²) in [5.74, 6) is -0.110. The Kier molecular flexibility index (Phi) is 4.27. The fraction of sp³-hybridized carbons (Fsp3) is 0.0909. The van der Waals surface area contributed by atoms with Crippen molar-refractivity contribution in [3.63, 3.8) is 0 Å². The van der Waals surface area contributed by atoms with Gasteiger partial charge < -0.3 is 5.32 Å². The Hall–Kier alpha value is -2.98. The third-order valence-corrected chi connectivity index (χ3v) is 5.54. The van der Waals surface area contributed by atoms with Crippen molar-refractivity contribution in [2.45, 2.75) is 13.8 Å². The first-order valence-electron chi connectivity index (χ1n) is 8.45. The van der Waals surface area contributed by atoms with Gasteiger partial charge in [0.15, 0.2) is 0 Å². The predicted molar refractivity (Wildman–Crippen MR) is 109 cm³/mol. The first kappa shape index (κ1) is 16.5. The molecule has 1 aromatic heterocycles. The highest BCUT2D eigenvalue weighted by molar-refractivity contribution is 7.21. The molecule has 4 heteroatoms. The molecule has 3 nitrogen and oxygen atoms in total.